The van der Waals surface area contributed by atoms with E-state index >= 15 is 0 Å². The Balaban J connectivity index is 1.64. The third kappa shape index (κ3) is 3.17. The van der Waals surface area contributed by atoms with Crippen molar-refractivity contribution in [3.63, 3.8) is 0 Å². The molecule has 1 saturated heterocycles. The Bertz CT molecular complexity index is 206. The summed E-state index contributed by atoms with van der Waals surface area (Å²) in [6, 6.07) is -0.0286. The fraction of sp³-hybridized carbons (Fsp3) is 1.00. The van der Waals surface area contributed by atoms with Gasteiger partial charge in [-0.2, -0.15) is 0 Å². The molecule has 3 unspecified atom stereocenters. The van der Waals surface area contributed by atoms with E-state index in [0.717, 1.165) is 51.7 Å². The molecule has 0 radical (unpaired) electrons. The second-order valence-corrected chi connectivity index (χ2v) is 4.94. The summed E-state index contributed by atoms with van der Waals surface area (Å²) < 4.78 is 10.8. The first-order chi connectivity index (χ1) is 7.77. The van der Waals surface area contributed by atoms with Crippen molar-refractivity contribution in [3.05, 3.63) is 0 Å². The molecule has 1 saturated carbocycles. The van der Waals surface area contributed by atoms with Gasteiger partial charge in [0.15, 0.2) is 6.29 Å². The molecule has 2 fully saturated rings. The molecule has 0 aromatic rings. The zero-order chi connectivity index (χ0) is 11.4. The van der Waals surface area contributed by atoms with Gasteiger partial charge in [-0.25, -0.2) is 0 Å². The van der Waals surface area contributed by atoms with Gasteiger partial charge < -0.3 is 20.3 Å². The first-order valence-electron chi connectivity index (χ1n) is 6.44. The van der Waals surface area contributed by atoms with Crippen LogP contribution in [0.1, 0.15) is 38.5 Å². The summed E-state index contributed by atoms with van der Waals surface area (Å²) in [5.41, 5.74) is 6.00. The SMILES string of the molecule is NC1C(O)CCCC1CCCC1OCCO1. The van der Waals surface area contributed by atoms with Gasteiger partial charge in [0, 0.05) is 6.04 Å². The van der Waals surface area contributed by atoms with Crippen molar-refractivity contribution in [3.8, 4) is 0 Å². The van der Waals surface area contributed by atoms with Crippen LogP contribution in [0.5, 0.6) is 0 Å². The molecule has 0 amide bonds. The first-order valence-corrected chi connectivity index (χ1v) is 6.44. The summed E-state index contributed by atoms with van der Waals surface area (Å²) in [5, 5.41) is 9.68. The van der Waals surface area contributed by atoms with Crippen molar-refractivity contribution in [1.82, 2.24) is 0 Å². The van der Waals surface area contributed by atoms with E-state index in [-0.39, 0.29) is 18.4 Å². The van der Waals surface area contributed by atoms with Crippen molar-refractivity contribution < 1.29 is 14.6 Å². The highest BCUT2D eigenvalue weighted by atomic mass is 16.7. The molecular formula is C12H23NO3. The third-order valence-electron chi connectivity index (χ3n) is 3.77. The normalized spacial score (nSPS) is 36.8. The Morgan fingerprint density at radius 2 is 1.88 bits per heavy atom. The van der Waals surface area contributed by atoms with E-state index in [4.69, 9.17) is 15.2 Å². The van der Waals surface area contributed by atoms with Crippen molar-refractivity contribution >= 4 is 0 Å². The lowest BCUT2D eigenvalue weighted by Crippen LogP contribution is -2.44. The Kier molecular flexibility index (Phi) is 4.58. The van der Waals surface area contributed by atoms with Gasteiger partial charge >= 0.3 is 0 Å². The number of rotatable bonds is 4. The summed E-state index contributed by atoms with van der Waals surface area (Å²) in [4.78, 5) is 0. The van der Waals surface area contributed by atoms with E-state index in [9.17, 15) is 5.11 Å². The molecule has 0 bridgehead atoms. The highest BCUT2D eigenvalue weighted by Gasteiger charge is 2.28. The largest absolute Gasteiger partial charge is 0.392 e. The summed E-state index contributed by atoms with van der Waals surface area (Å²) in [7, 11) is 0. The standard InChI is InChI=1S/C12H23NO3/c13-12-9(3-1-5-10(12)14)4-2-6-11-15-7-8-16-11/h9-12,14H,1-8,13H2. The molecule has 3 N–H and O–H groups in total. The third-order valence-corrected chi connectivity index (χ3v) is 3.77. The molecule has 0 aromatic heterocycles. The summed E-state index contributed by atoms with van der Waals surface area (Å²) in [5.74, 6) is 0.477. The molecular weight excluding hydrogens is 206 g/mol. The molecule has 3 atom stereocenters. The van der Waals surface area contributed by atoms with Crippen LogP contribution >= 0.6 is 0 Å². The number of hydrogen-bond acceptors (Lipinski definition) is 4. The Hall–Kier alpha value is -0.160. The molecule has 16 heavy (non-hydrogen) atoms. The number of ether oxygens (including phenoxy) is 2. The number of hydrogen-bond donors (Lipinski definition) is 2. The van der Waals surface area contributed by atoms with Crippen molar-refractivity contribution in [2.75, 3.05) is 13.2 Å². The van der Waals surface area contributed by atoms with Crippen molar-refractivity contribution in [2.24, 2.45) is 11.7 Å². The van der Waals surface area contributed by atoms with Crippen LogP contribution in [0.15, 0.2) is 0 Å². The van der Waals surface area contributed by atoms with Crippen LogP contribution in [0.2, 0.25) is 0 Å². The minimum atomic E-state index is -0.294. The molecule has 1 aliphatic carbocycles. The van der Waals surface area contributed by atoms with Crippen LogP contribution < -0.4 is 5.73 Å². The molecule has 4 nitrogen and oxygen atoms in total. The van der Waals surface area contributed by atoms with E-state index in [1.54, 1.807) is 0 Å². The van der Waals surface area contributed by atoms with Crippen LogP contribution in [0, 0.1) is 5.92 Å². The van der Waals surface area contributed by atoms with Gasteiger partial charge in [-0.05, 0) is 38.0 Å². The summed E-state index contributed by atoms with van der Waals surface area (Å²) in [6.45, 7) is 1.46. The van der Waals surface area contributed by atoms with Crippen LogP contribution in [0.3, 0.4) is 0 Å². The second-order valence-electron chi connectivity index (χ2n) is 4.94. The van der Waals surface area contributed by atoms with Crippen molar-refractivity contribution in [1.29, 1.82) is 0 Å². The predicted octanol–water partition coefficient (Wildman–Crippen LogP) is 1.02. The molecule has 0 aromatic carbocycles. The molecule has 4 heteroatoms. The summed E-state index contributed by atoms with van der Waals surface area (Å²) >= 11 is 0. The average molecular weight is 229 g/mol. The number of aliphatic hydroxyl groups is 1. The highest BCUT2D eigenvalue weighted by molar-refractivity contribution is 4.84. The van der Waals surface area contributed by atoms with Crippen LogP contribution in [-0.4, -0.2) is 36.8 Å². The van der Waals surface area contributed by atoms with E-state index in [1.165, 1.54) is 0 Å². The van der Waals surface area contributed by atoms with Gasteiger partial charge in [-0.3, -0.25) is 0 Å². The molecule has 94 valence electrons. The predicted molar refractivity (Wildman–Crippen MR) is 60.9 cm³/mol. The lowest BCUT2D eigenvalue weighted by molar-refractivity contribution is -0.0492. The maximum atomic E-state index is 9.68. The molecule has 1 heterocycles. The van der Waals surface area contributed by atoms with Gasteiger partial charge in [0.2, 0.25) is 0 Å². The average Bonchev–Trinajstić information content (AvgIpc) is 2.77. The molecule has 2 rings (SSSR count). The van der Waals surface area contributed by atoms with Gasteiger partial charge in [0.25, 0.3) is 0 Å². The second kappa shape index (κ2) is 5.96. The quantitative estimate of drug-likeness (QED) is 0.755. The topological polar surface area (TPSA) is 64.7 Å². The fourth-order valence-electron chi connectivity index (χ4n) is 2.75. The first kappa shape index (κ1) is 12.3. The lowest BCUT2D eigenvalue weighted by atomic mass is 9.80. The number of aliphatic hydroxyl groups excluding tert-OH is 1. The minimum Gasteiger partial charge on any atom is -0.392 e. The number of nitrogens with two attached hydrogens (primary N) is 1. The smallest absolute Gasteiger partial charge is 0.157 e. The maximum Gasteiger partial charge on any atom is 0.157 e. The zero-order valence-corrected chi connectivity index (χ0v) is 9.81. The minimum absolute atomic E-state index is 0.00439. The Labute approximate surface area is 97.1 Å². The fourth-order valence-corrected chi connectivity index (χ4v) is 2.75. The van der Waals surface area contributed by atoms with Crippen LogP contribution in [0.25, 0.3) is 0 Å². The molecule has 2 aliphatic rings. The molecule has 1 aliphatic heterocycles. The summed E-state index contributed by atoms with van der Waals surface area (Å²) in [6.07, 6.45) is 5.96. The lowest BCUT2D eigenvalue weighted by Gasteiger charge is -2.33. The Morgan fingerprint density at radius 3 is 2.62 bits per heavy atom. The van der Waals surface area contributed by atoms with Crippen molar-refractivity contribution in [2.45, 2.75) is 57.0 Å². The van der Waals surface area contributed by atoms with E-state index in [1.807, 2.05) is 0 Å². The van der Waals surface area contributed by atoms with E-state index in [0.29, 0.717) is 5.92 Å². The van der Waals surface area contributed by atoms with E-state index in [2.05, 4.69) is 0 Å². The highest BCUT2D eigenvalue weighted by Crippen LogP contribution is 2.28. The van der Waals surface area contributed by atoms with E-state index < -0.39 is 0 Å². The Morgan fingerprint density at radius 1 is 1.12 bits per heavy atom. The monoisotopic (exact) mass is 229 g/mol. The van der Waals surface area contributed by atoms with Gasteiger partial charge in [0.05, 0.1) is 19.3 Å². The van der Waals surface area contributed by atoms with Crippen LogP contribution in [-0.2, 0) is 9.47 Å². The van der Waals surface area contributed by atoms with Gasteiger partial charge in [-0.1, -0.05) is 6.42 Å². The van der Waals surface area contributed by atoms with Gasteiger partial charge in [0.1, 0.15) is 0 Å². The molecule has 0 spiro atoms. The van der Waals surface area contributed by atoms with Crippen LogP contribution in [0.4, 0.5) is 0 Å². The van der Waals surface area contributed by atoms with Gasteiger partial charge in [-0.15, -0.1) is 0 Å². The zero-order valence-electron chi connectivity index (χ0n) is 9.81. The maximum absolute atomic E-state index is 9.68.